The molecule has 0 saturated heterocycles. The summed E-state index contributed by atoms with van der Waals surface area (Å²) in [6, 6.07) is 0. The number of rotatable bonds is 0. The maximum Gasteiger partial charge on any atom is 3.00 e. The molecule has 0 aliphatic heterocycles. The van der Waals surface area contributed by atoms with Crippen LogP contribution in [0.25, 0.3) is 6.15 Å². The van der Waals surface area contributed by atoms with E-state index < -0.39 is 0 Å². The molecule has 0 amide bonds. The topological polar surface area (TPSA) is 30.5 Å². The standard InChI is InChI=1S/Al.Ga.In.N/q+3;;;-3. The van der Waals surface area contributed by atoms with Crippen LogP contribution in [0, 0.1) is 0 Å². The van der Waals surface area contributed by atoms with Crippen molar-refractivity contribution in [2.75, 3.05) is 0 Å². The molecular formula is AlGaInN. The molecule has 0 aromatic rings. The quantitative estimate of drug-likeness (QED) is 0.481. The molecule has 0 fully saturated rings. The Morgan fingerprint density at radius 2 is 1.00 bits per heavy atom. The van der Waals surface area contributed by atoms with E-state index in [9.17, 15) is 0 Å². The van der Waals surface area contributed by atoms with E-state index in [0.29, 0.717) is 0 Å². The molecule has 0 rings (SSSR count). The van der Waals surface area contributed by atoms with Gasteiger partial charge in [-0.25, -0.2) is 0 Å². The van der Waals surface area contributed by atoms with Crippen LogP contribution in [0.2, 0.25) is 0 Å². The van der Waals surface area contributed by atoms with Crippen LogP contribution in [0.4, 0.5) is 0 Å². The molecule has 4 heavy (non-hydrogen) atoms. The van der Waals surface area contributed by atoms with Crippen LogP contribution >= 0.6 is 0 Å². The van der Waals surface area contributed by atoms with Gasteiger partial charge in [-0.3, -0.25) is 0 Å². The fraction of sp³-hybridized carbons (Fsp3) is 0. The predicted molar refractivity (Wildman–Crippen MR) is 20.6 cm³/mol. The van der Waals surface area contributed by atoms with Crippen molar-refractivity contribution in [3.05, 3.63) is 6.15 Å². The van der Waals surface area contributed by atoms with E-state index in [-0.39, 0.29) is 69.1 Å². The van der Waals surface area contributed by atoms with Crippen molar-refractivity contribution < 1.29 is 0 Å². The molecule has 0 bridgehead atoms. The minimum Gasteiger partial charge on any atom is -3.00 e. The molecule has 0 spiro atoms. The first-order valence-electron chi connectivity index (χ1n) is 0. The molecule has 0 aliphatic rings. The minimum absolute atomic E-state index is 0. The summed E-state index contributed by atoms with van der Waals surface area (Å²) in [6.07, 6.45) is 0. The van der Waals surface area contributed by atoms with Gasteiger partial charge in [-0.05, 0) is 0 Å². The molecule has 0 aromatic carbocycles. The summed E-state index contributed by atoms with van der Waals surface area (Å²) >= 11 is 0. The normalized spacial score (nSPS) is 0. The van der Waals surface area contributed by atoms with Crippen LogP contribution in [-0.2, 0) is 0 Å². The van der Waals surface area contributed by atoms with E-state index in [1.54, 1.807) is 0 Å². The Hall–Kier alpha value is 2.00. The fourth-order valence-electron chi connectivity index (χ4n) is 0. The van der Waals surface area contributed by atoms with Gasteiger partial charge in [-0.1, -0.05) is 0 Å². The first kappa shape index (κ1) is 37.5. The largest absolute Gasteiger partial charge is 3.00 e. The third kappa shape index (κ3) is 9.00. The van der Waals surface area contributed by atoms with Crippen LogP contribution in [0.3, 0.4) is 0 Å². The summed E-state index contributed by atoms with van der Waals surface area (Å²) in [5.41, 5.74) is 0. The molecule has 0 aliphatic carbocycles. The van der Waals surface area contributed by atoms with Gasteiger partial charge in [0.15, 0.2) is 0 Å². The fourth-order valence-corrected chi connectivity index (χ4v) is 0. The minimum atomic E-state index is 0. The first-order valence-corrected chi connectivity index (χ1v) is 0. The third-order valence-electron chi connectivity index (χ3n) is 0. The second-order valence-corrected chi connectivity index (χ2v) is 0. The van der Waals surface area contributed by atoms with Crippen molar-refractivity contribution in [2.45, 2.75) is 0 Å². The number of hydrogen-bond donors (Lipinski definition) is 0. The van der Waals surface area contributed by atoms with Crippen molar-refractivity contribution in [1.29, 1.82) is 0 Å². The van der Waals surface area contributed by atoms with Crippen molar-refractivity contribution in [1.82, 2.24) is 0 Å². The molecule has 0 heterocycles. The molecular weight excluding hydrogens is 226 g/mol. The summed E-state index contributed by atoms with van der Waals surface area (Å²) in [5.74, 6) is 0. The molecule has 0 aromatic heterocycles. The van der Waals surface area contributed by atoms with Crippen LogP contribution in [0.15, 0.2) is 0 Å². The van der Waals surface area contributed by atoms with Crippen molar-refractivity contribution in [3.8, 4) is 0 Å². The summed E-state index contributed by atoms with van der Waals surface area (Å²) < 4.78 is 0. The van der Waals surface area contributed by atoms with Gasteiger partial charge < -0.3 is 6.15 Å². The van der Waals surface area contributed by atoms with Crippen LogP contribution in [0.5, 0.6) is 0 Å². The SMILES string of the molecule is [Al+3].[Ga].[In].[N-3]. The Balaban J connectivity index is 0. The maximum atomic E-state index is 0. The second-order valence-electron chi connectivity index (χ2n) is 0. The molecule has 0 saturated carbocycles. The molecule has 6 radical (unpaired) electrons. The molecule has 0 atom stereocenters. The van der Waals surface area contributed by atoms with Crippen molar-refractivity contribution in [3.63, 3.8) is 0 Å². The van der Waals surface area contributed by atoms with Crippen molar-refractivity contribution in [2.24, 2.45) is 0 Å². The second kappa shape index (κ2) is 20.0. The number of hydrogen-bond acceptors (Lipinski definition) is 0. The summed E-state index contributed by atoms with van der Waals surface area (Å²) in [7, 11) is 0. The molecule has 0 N–H and O–H groups in total. The number of nitrogens with zero attached hydrogens (tertiary/aromatic N) is 1. The van der Waals surface area contributed by atoms with E-state index in [1.807, 2.05) is 0 Å². The van der Waals surface area contributed by atoms with Crippen LogP contribution in [0.1, 0.15) is 0 Å². The van der Waals surface area contributed by atoms with Gasteiger partial charge in [0.05, 0.1) is 0 Å². The van der Waals surface area contributed by atoms with Gasteiger partial charge in [0.25, 0.3) is 0 Å². The molecule has 0 unspecified atom stereocenters. The van der Waals surface area contributed by atoms with E-state index in [2.05, 4.69) is 0 Å². The monoisotopic (exact) mass is 225 g/mol. The first-order chi connectivity index (χ1) is 0. The maximum absolute atomic E-state index is 0. The smallest absolute Gasteiger partial charge is 3.00 e. The zero-order valence-electron chi connectivity index (χ0n) is 2.18. The average Bonchev–Trinajstić information content (AvgIpc) is 0. The molecule has 14 valence electrons. The predicted octanol–water partition coefficient (Wildman–Crippen LogP) is -0.854. The average molecular weight is 226 g/mol. The summed E-state index contributed by atoms with van der Waals surface area (Å²) in [5, 5.41) is 0. The molecule has 4 heteroatoms. The van der Waals surface area contributed by atoms with Gasteiger partial charge in [0.1, 0.15) is 0 Å². The molecule has 1 nitrogen and oxygen atoms in total. The van der Waals surface area contributed by atoms with Gasteiger partial charge >= 0.3 is 17.4 Å². The van der Waals surface area contributed by atoms with E-state index in [1.165, 1.54) is 0 Å². The summed E-state index contributed by atoms with van der Waals surface area (Å²) in [6.45, 7) is 0. The summed E-state index contributed by atoms with van der Waals surface area (Å²) in [4.78, 5) is 0. The van der Waals surface area contributed by atoms with Gasteiger partial charge in [-0.15, -0.1) is 0 Å². The Morgan fingerprint density at radius 1 is 1.00 bits per heavy atom. The van der Waals surface area contributed by atoms with Gasteiger partial charge in [0, 0.05) is 45.6 Å². The Kier molecular flexibility index (Phi) is 188. The third-order valence-corrected chi connectivity index (χ3v) is 0. The van der Waals surface area contributed by atoms with E-state index in [0.717, 1.165) is 0 Å². The van der Waals surface area contributed by atoms with Gasteiger partial charge in [-0.2, -0.15) is 0 Å². The van der Waals surface area contributed by atoms with Crippen LogP contribution < -0.4 is 0 Å². The van der Waals surface area contributed by atoms with Gasteiger partial charge in [0.2, 0.25) is 0 Å². The van der Waals surface area contributed by atoms with Crippen molar-refractivity contribution >= 4 is 63.0 Å². The Labute approximate surface area is 68.5 Å². The zero-order valence-corrected chi connectivity index (χ0v) is 9.05. The Bertz CT molecular complexity index is 8.00. The Morgan fingerprint density at radius 3 is 1.00 bits per heavy atom. The zero-order chi connectivity index (χ0) is 0. The van der Waals surface area contributed by atoms with E-state index in [4.69, 9.17) is 0 Å². The van der Waals surface area contributed by atoms with Crippen LogP contribution in [-0.4, -0.2) is 63.0 Å². The van der Waals surface area contributed by atoms with E-state index >= 15 is 0 Å².